The molecule has 0 atom stereocenters. The van der Waals surface area contributed by atoms with Gasteiger partial charge in [0, 0.05) is 40.3 Å². The normalized spacial score (nSPS) is 11.4. The summed E-state index contributed by atoms with van der Waals surface area (Å²) in [4.78, 5) is 10.5. The van der Waals surface area contributed by atoms with Gasteiger partial charge in [0.15, 0.2) is 0 Å². The second-order valence-electron chi connectivity index (χ2n) is 5.50. The van der Waals surface area contributed by atoms with Gasteiger partial charge in [0.1, 0.15) is 5.01 Å². The van der Waals surface area contributed by atoms with Crippen molar-refractivity contribution in [2.24, 2.45) is 0 Å². The molecular weight excluding hydrogens is 278 g/mol. The number of fused-ring (bicyclic) bond motifs is 1. The Labute approximate surface area is 129 Å². The van der Waals surface area contributed by atoms with Crippen molar-refractivity contribution in [1.29, 1.82) is 0 Å². The lowest BCUT2D eigenvalue weighted by molar-refractivity contribution is 0.593. The van der Waals surface area contributed by atoms with E-state index in [2.05, 4.69) is 53.4 Å². The lowest BCUT2D eigenvalue weighted by Gasteiger charge is -2.06. The molecule has 0 amide bonds. The maximum absolute atomic E-state index is 4.61. The fraction of sp³-hybridized carbons (Fsp3) is 0.294. The minimum Gasteiger partial charge on any atom is -0.310 e. The summed E-state index contributed by atoms with van der Waals surface area (Å²) in [7, 11) is 0. The van der Waals surface area contributed by atoms with Crippen LogP contribution < -0.4 is 5.32 Å². The molecule has 1 N–H and O–H groups in total. The first kappa shape index (κ1) is 14.2. The Morgan fingerprint density at radius 1 is 1.24 bits per heavy atom. The third-order valence-electron chi connectivity index (χ3n) is 3.31. The molecule has 108 valence electrons. The summed E-state index contributed by atoms with van der Waals surface area (Å²) in [6.07, 6.45) is 1.97. The Morgan fingerprint density at radius 2 is 2.05 bits per heavy atom. The van der Waals surface area contributed by atoms with Crippen LogP contribution >= 0.6 is 11.3 Å². The second kappa shape index (κ2) is 5.92. The number of benzene rings is 1. The zero-order chi connectivity index (χ0) is 14.8. The van der Waals surface area contributed by atoms with Crippen LogP contribution in [0.3, 0.4) is 0 Å². The van der Waals surface area contributed by atoms with Crippen molar-refractivity contribution in [2.45, 2.75) is 33.4 Å². The predicted octanol–water partition coefficient (Wildman–Crippen LogP) is 4.16. The second-order valence-corrected chi connectivity index (χ2v) is 6.61. The van der Waals surface area contributed by atoms with Crippen molar-refractivity contribution in [1.82, 2.24) is 15.3 Å². The molecule has 1 aromatic carbocycles. The third-order valence-corrected chi connectivity index (χ3v) is 4.34. The number of nitrogens with zero attached hydrogens (tertiary/aromatic N) is 2. The summed E-state index contributed by atoms with van der Waals surface area (Å²) in [5, 5.41) is 5.67. The molecule has 0 saturated carbocycles. The Hall–Kier alpha value is -1.78. The smallest absolute Gasteiger partial charge is 0.124 e. The molecule has 3 rings (SSSR count). The first-order valence-corrected chi connectivity index (χ1v) is 8.00. The van der Waals surface area contributed by atoms with Gasteiger partial charge in [-0.05, 0) is 19.1 Å². The Kier molecular flexibility index (Phi) is 3.99. The van der Waals surface area contributed by atoms with Gasteiger partial charge in [0.25, 0.3) is 0 Å². The molecule has 0 aliphatic heterocycles. The predicted molar refractivity (Wildman–Crippen MR) is 89.6 cm³/mol. The van der Waals surface area contributed by atoms with Gasteiger partial charge >= 0.3 is 0 Å². The van der Waals surface area contributed by atoms with Gasteiger partial charge in [0.2, 0.25) is 0 Å². The number of para-hydroxylation sites is 1. The molecule has 0 saturated heterocycles. The maximum Gasteiger partial charge on any atom is 0.124 e. The highest BCUT2D eigenvalue weighted by molar-refractivity contribution is 7.15. The van der Waals surface area contributed by atoms with Gasteiger partial charge < -0.3 is 5.32 Å². The van der Waals surface area contributed by atoms with Crippen molar-refractivity contribution >= 4 is 22.2 Å². The first-order valence-electron chi connectivity index (χ1n) is 7.18. The van der Waals surface area contributed by atoms with E-state index in [1.54, 1.807) is 11.3 Å². The van der Waals surface area contributed by atoms with E-state index in [1.807, 2.05) is 19.2 Å². The molecule has 21 heavy (non-hydrogen) atoms. The number of aromatic nitrogens is 2. The monoisotopic (exact) mass is 297 g/mol. The van der Waals surface area contributed by atoms with Gasteiger partial charge in [-0.3, -0.25) is 4.98 Å². The average Bonchev–Trinajstić information content (AvgIpc) is 2.93. The van der Waals surface area contributed by atoms with E-state index in [4.69, 9.17) is 0 Å². The van der Waals surface area contributed by atoms with E-state index in [9.17, 15) is 0 Å². The molecule has 0 fully saturated rings. The molecule has 0 aliphatic carbocycles. The fourth-order valence-corrected chi connectivity index (χ4v) is 3.20. The van der Waals surface area contributed by atoms with E-state index < -0.39 is 0 Å². The van der Waals surface area contributed by atoms with E-state index >= 15 is 0 Å². The lowest BCUT2D eigenvalue weighted by Crippen LogP contribution is -2.21. The molecule has 0 bridgehead atoms. The highest BCUT2D eigenvalue weighted by Gasteiger charge is 2.10. The van der Waals surface area contributed by atoms with Crippen molar-refractivity contribution in [3.05, 3.63) is 47.1 Å². The van der Waals surface area contributed by atoms with Crippen LogP contribution in [-0.4, -0.2) is 16.0 Å². The molecule has 3 nitrogen and oxygen atoms in total. The molecule has 3 aromatic rings. The topological polar surface area (TPSA) is 37.8 Å². The summed E-state index contributed by atoms with van der Waals surface area (Å²) in [6.45, 7) is 7.21. The number of pyridine rings is 1. The highest BCUT2D eigenvalue weighted by Crippen LogP contribution is 2.31. The fourth-order valence-electron chi connectivity index (χ4n) is 2.30. The summed E-state index contributed by atoms with van der Waals surface area (Å²) < 4.78 is 0. The van der Waals surface area contributed by atoms with Crippen LogP contribution in [-0.2, 0) is 6.54 Å². The van der Waals surface area contributed by atoms with Crippen LogP contribution in [0, 0.1) is 6.92 Å². The zero-order valence-corrected chi connectivity index (χ0v) is 13.4. The molecule has 0 unspecified atom stereocenters. The third kappa shape index (κ3) is 3.12. The van der Waals surface area contributed by atoms with E-state index in [1.165, 1.54) is 15.8 Å². The van der Waals surface area contributed by atoms with Crippen molar-refractivity contribution in [2.75, 3.05) is 0 Å². The van der Waals surface area contributed by atoms with E-state index in [0.717, 1.165) is 22.8 Å². The highest BCUT2D eigenvalue weighted by atomic mass is 32.1. The van der Waals surface area contributed by atoms with Gasteiger partial charge in [0.05, 0.1) is 5.52 Å². The summed E-state index contributed by atoms with van der Waals surface area (Å²) in [6, 6.07) is 10.9. The Morgan fingerprint density at radius 3 is 2.86 bits per heavy atom. The Bertz CT molecular complexity index is 762. The van der Waals surface area contributed by atoms with Gasteiger partial charge in [-0.25, -0.2) is 4.98 Å². The molecule has 0 aliphatic rings. The van der Waals surface area contributed by atoms with Gasteiger partial charge in [-0.15, -0.1) is 11.3 Å². The standard InChI is InChI=1S/C17H19N3S/c1-11(2)18-9-13-10-19-17(21-13)15-8-12(3)20-16-7-5-4-6-14(15)16/h4-8,10-11,18H,9H2,1-3H3. The molecule has 4 heteroatoms. The van der Waals surface area contributed by atoms with E-state index in [-0.39, 0.29) is 0 Å². The SMILES string of the molecule is Cc1cc(-c2ncc(CNC(C)C)s2)c2ccccc2n1. The molecule has 0 spiro atoms. The van der Waals surface area contributed by atoms with Gasteiger partial charge in [-0.1, -0.05) is 32.0 Å². The lowest BCUT2D eigenvalue weighted by atomic mass is 10.1. The summed E-state index contributed by atoms with van der Waals surface area (Å²) >= 11 is 1.75. The summed E-state index contributed by atoms with van der Waals surface area (Å²) in [5.74, 6) is 0. The van der Waals surface area contributed by atoms with Gasteiger partial charge in [-0.2, -0.15) is 0 Å². The molecular formula is C17H19N3S. The molecule has 2 aromatic heterocycles. The van der Waals surface area contributed by atoms with Crippen LogP contribution in [0.4, 0.5) is 0 Å². The number of thiazole rings is 1. The zero-order valence-electron chi connectivity index (χ0n) is 12.6. The van der Waals surface area contributed by atoms with Crippen molar-refractivity contribution in [3.8, 4) is 10.6 Å². The minimum absolute atomic E-state index is 0.486. The van der Waals surface area contributed by atoms with Crippen LogP contribution in [0.25, 0.3) is 21.5 Å². The molecule has 2 heterocycles. The quantitative estimate of drug-likeness (QED) is 0.785. The molecule has 0 radical (unpaired) electrons. The Balaban J connectivity index is 2.00. The van der Waals surface area contributed by atoms with Crippen LogP contribution in [0.5, 0.6) is 0 Å². The maximum atomic E-state index is 4.61. The average molecular weight is 297 g/mol. The number of hydrogen-bond acceptors (Lipinski definition) is 4. The van der Waals surface area contributed by atoms with Crippen LogP contribution in [0.15, 0.2) is 36.5 Å². The van der Waals surface area contributed by atoms with Crippen LogP contribution in [0.1, 0.15) is 24.4 Å². The number of aryl methyl sites for hydroxylation is 1. The number of rotatable bonds is 4. The first-order chi connectivity index (χ1) is 10.1. The number of hydrogen-bond donors (Lipinski definition) is 1. The summed E-state index contributed by atoms with van der Waals surface area (Å²) in [5.41, 5.74) is 3.24. The largest absolute Gasteiger partial charge is 0.310 e. The number of nitrogens with one attached hydrogen (secondary N) is 1. The van der Waals surface area contributed by atoms with Crippen LogP contribution in [0.2, 0.25) is 0 Å². The van der Waals surface area contributed by atoms with E-state index in [0.29, 0.717) is 6.04 Å². The minimum atomic E-state index is 0.486. The van der Waals surface area contributed by atoms with Crippen molar-refractivity contribution in [3.63, 3.8) is 0 Å². The van der Waals surface area contributed by atoms with Crippen molar-refractivity contribution < 1.29 is 0 Å².